The SMILES string of the molecule is Cn1ccn([BH-](n2ccn(C)c2=S)n2ccn(C)c2=S)c1=S. The zero-order valence-corrected chi connectivity index (χ0v) is 15.0. The summed E-state index contributed by atoms with van der Waals surface area (Å²) in [5.41, 5.74) is 0. The first kappa shape index (κ1) is 15.3. The van der Waals surface area contributed by atoms with E-state index in [4.69, 9.17) is 36.7 Å². The average molecular weight is 351 g/mol. The fraction of sp³-hybridized carbons (Fsp3) is 0.250. The van der Waals surface area contributed by atoms with Gasteiger partial charge in [0.1, 0.15) is 14.3 Å². The molecule has 0 N–H and O–H groups in total. The van der Waals surface area contributed by atoms with Crippen molar-refractivity contribution in [1.29, 1.82) is 0 Å². The van der Waals surface area contributed by atoms with Crippen LogP contribution >= 0.6 is 36.7 Å². The minimum absolute atomic E-state index is 0.733. The van der Waals surface area contributed by atoms with Gasteiger partial charge in [-0.25, -0.2) is 0 Å². The third kappa shape index (κ3) is 2.27. The van der Waals surface area contributed by atoms with Crippen LogP contribution in [0.4, 0.5) is 0 Å². The molecule has 3 aromatic rings. The van der Waals surface area contributed by atoms with E-state index in [0.717, 1.165) is 14.3 Å². The summed E-state index contributed by atoms with van der Waals surface area (Å²) in [7, 11) is 4.50. The van der Waals surface area contributed by atoms with Crippen molar-refractivity contribution < 1.29 is 0 Å². The van der Waals surface area contributed by atoms with Crippen LogP contribution in [0.15, 0.2) is 37.2 Å². The Labute approximate surface area is 143 Å². The van der Waals surface area contributed by atoms with Crippen LogP contribution < -0.4 is 0 Å². The number of hydrogen-bond acceptors (Lipinski definition) is 3. The highest BCUT2D eigenvalue weighted by atomic mass is 32.1. The second-order valence-electron chi connectivity index (χ2n) is 5.41. The molecule has 116 valence electrons. The lowest BCUT2D eigenvalue weighted by molar-refractivity contribution is 0.819. The maximum absolute atomic E-state index is 5.54. The molecule has 0 spiro atoms. The van der Waals surface area contributed by atoms with Crippen molar-refractivity contribution in [3.63, 3.8) is 0 Å². The van der Waals surface area contributed by atoms with E-state index in [1.807, 2.05) is 72.0 Å². The van der Waals surface area contributed by atoms with Crippen molar-refractivity contribution in [3.05, 3.63) is 51.5 Å². The van der Waals surface area contributed by atoms with Crippen LogP contribution in [0.5, 0.6) is 0 Å². The smallest absolute Gasteiger partial charge is 0.283 e. The van der Waals surface area contributed by atoms with Gasteiger partial charge in [-0.15, -0.1) is 0 Å². The molecule has 3 heterocycles. The minimum Gasteiger partial charge on any atom is -0.463 e. The van der Waals surface area contributed by atoms with E-state index in [9.17, 15) is 0 Å². The van der Waals surface area contributed by atoms with Crippen molar-refractivity contribution in [1.82, 2.24) is 27.1 Å². The number of aromatic nitrogens is 6. The molecule has 0 radical (unpaired) electrons. The molecule has 0 unspecified atom stereocenters. The quantitative estimate of drug-likeness (QED) is 0.534. The van der Waals surface area contributed by atoms with Crippen LogP contribution in [0.1, 0.15) is 0 Å². The van der Waals surface area contributed by atoms with Gasteiger partial charge in [0.05, 0.1) is 0 Å². The van der Waals surface area contributed by atoms with Crippen LogP contribution in [0.3, 0.4) is 0 Å². The van der Waals surface area contributed by atoms with E-state index in [1.165, 1.54) is 0 Å². The lowest BCUT2D eigenvalue weighted by atomic mass is 9.92. The Morgan fingerprint density at radius 1 is 0.591 bits per heavy atom. The number of imidazole rings is 3. The molecule has 10 heteroatoms. The minimum atomic E-state index is -1.30. The molecule has 3 rings (SSSR count). The third-order valence-corrected chi connectivity index (χ3v) is 5.53. The molecule has 0 saturated heterocycles. The van der Waals surface area contributed by atoms with Gasteiger partial charge in [0.15, 0.2) is 0 Å². The summed E-state index contributed by atoms with van der Waals surface area (Å²) < 4.78 is 14.1. The van der Waals surface area contributed by atoms with Gasteiger partial charge in [0, 0.05) is 39.7 Å². The number of nitrogens with zero attached hydrogens (tertiary/aromatic N) is 6. The molecule has 0 aliphatic carbocycles. The number of hydrogen-bond donors (Lipinski definition) is 0. The molecule has 0 aromatic carbocycles. The Bertz CT molecular complexity index is 868. The molecule has 0 amide bonds. The van der Waals surface area contributed by atoms with Crippen molar-refractivity contribution in [2.75, 3.05) is 0 Å². The third-order valence-electron chi connectivity index (χ3n) is 3.97. The zero-order valence-electron chi connectivity index (χ0n) is 12.6. The van der Waals surface area contributed by atoms with Gasteiger partial charge in [-0.3, -0.25) is 0 Å². The van der Waals surface area contributed by atoms with E-state index in [2.05, 4.69) is 13.4 Å². The molecule has 6 nitrogen and oxygen atoms in total. The molecular formula is C12H16BN6S3-. The first-order chi connectivity index (χ1) is 10.4. The summed E-state index contributed by atoms with van der Waals surface area (Å²) in [5.74, 6) is 0. The zero-order chi connectivity index (χ0) is 16.0. The van der Waals surface area contributed by atoms with Gasteiger partial charge in [-0.05, 0) is 55.2 Å². The van der Waals surface area contributed by atoms with E-state index in [-0.39, 0.29) is 0 Å². The second-order valence-corrected chi connectivity index (χ2v) is 6.50. The molecule has 0 aliphatic rings. The Balaban J connectivity index is 2.33. The van der Waals surface area contributed by atoms with E-state index in [0.29, 0.717) is 0 Å². The van der Waals surface area contributed by atoms with Crippen molar-refractivity contribution in [2.24, 2.45) is 21.1 Å². The summed E-state index contributed by atoms with van der Waals surface area (Å²) >= 11 is 16.6. The van der Waals surface area contributed by atoms with Crippen molar-refractivity contribution in [3.8, 4) is 0 Å². The summed E-state index contributed by atoms with van der Waals surface area (Å²) in [6.45, 7) is 0. The number of rotatable bonds is 3. The summed E-state index contributed by atoms with van der Waals surface area (Å²) in [6.07, 6.45) is 11.8. The Morgan fingerprint density at radius 3 is 1.05 bits per heavy atom. The maximum Gasteiger partial charge on any atom is 0.283 e. The molecule has 22 heavy (non-hydrogen) atoms. The van der Waals surface area contributed by atoms with Crippen LogP contribution in [0, 0.1) is 14.3 Å². The Morgan fingerprint density at radius 2 is 0.864 bits per heavy atom. The lowest BCUT2D eigenvalue weighted by Gasteiger charge is -2.30. The predicted octanol–water partition coefficient (Wildman–Crippen LogP) is 1.96. The average Bonchev–Trinajstić information content (AvgIpc) is 3.10. The standard InChI is InChI=1S/C12H16BN6S3/c1-14-4-7-17(10(14)20)13(18-8-5-15(2)11(18)21)19-9-6-16(3)12(19)22/h4-9,13H,1-3H3/q-1. The van der Waals surface area contributed by atoms with E-state index >= 15 is 0 Å². The highest BCUT2D eigenvalue weighted by molar-refractivity contribution is 7.71. The van der Waals surface area contributed by atoms with Crippen LogP contribution in [0.2, 0.25) is 0 Å². The molecule has 0 fully saturated rings. The number of aryl methyl sites for hydroxylation is 3. The fourth-order valence-corrected chi connectivity index (χ4v) is 3.38. The molecule has 0 saturated carbocycles. The van der Waals surface area contributed by atoms with Gasteiger partial charge in [0.2, 0.25) is 0 Å². The Hall–Kier alpha value is -1.65. The van der Waals surface area contributed by atoms with Gasteiger partial charge in [-0.1, -0.05) is 0 Å². The van der Waals surface area contributed by atoms with Crippen LogP contribution in [-0.2, 0) is 21.1 Å². The lowest BCUT2D eigenvalue weighted by Crippen LogP contribution is -2.41. The molecule has 0 atom stereocenters. The van der Waals surface area contributed by atoms with Crippen LogP contribution in [0.25, 0.3) is 0 Å². The largest absolute Gasteiger partial charge is 0.463 e. The van der Waals surface area contributed by atoms with E-state index in [1.54, 1.807) is 0 Å². The fourth-order valence-electron chi connectivity index (χ4n) is 2.67. The first-order valence-electron chi connectivity index (χ1n) is 6.79. The molecular weight excluding hydrogens is 335 g/mol. The summed E-state index contributed by atoms with van der Waals surface area (Å²) in [6, 6.07) is 0. The molecule has 0 aliphatic heterocycles. The van der Waals surface area contributed by atoms with Crippen molar-refractivity contribution >= 4 is 43.8 Å². The highest BCUT2D eigenvalue weighted by Gasteiger charge is 2.14. The van der Waals surface area contributed by atoms with E-state index < -0.39 is 7.12 Å². The van der Waals surface area contributed by atoms with Gasteiger partial charge < -0.3 is 27.1 Å². The van der Waals surface area contributed by atoms with Gasteiger partial charge >= 0.3 is 0 Å². The summed E-state index contributed by atoms with van der Waals surface area (Å²) in [5, 5.41) is 0. The normalized spacial score (nSPS) is 11.5. The summed E-state index contributed by atoms with van der Waals surface area (Å²) in [4.78, 5) is 0. The Kier molecular flexibility index (Phi) is 3.83. The van der Waals surface area contributed by atoms with Crippen LogP contribution in [-0.4, -0.2) is 34.3 Å². The molecule has 0 bridgehead atoms. The molecule has 3 aromatic heterocycles. The first-order valence-corrected chi connectivity index (χ1v) is 8.02. The predicted molar refractivity (Wildman–Crippen MR) is 96.1 cm³/mol. The second kappa shape index (κ2) is 5.52. The highest BCUT2D eigenvalue weighted by Crippen LogP contribution is 2.08. The van der Waals surface area contributed by atoms with Gasteiger partial charge in [-0.2, -0.15) is 0 Å². The van der Waals surface area contributed by atoms with Gasteiger partial charge in [0.25, 0.3) is 7.12 Å². The topological polar surface area (TPSA) is 29.6 Å². The van der Waals surface area contributed by atoms with Crippen molar-refractivity contribution in [2.45, 2.75) is 0 Å². The maximum atomic E-state index is 5.54. The monoisotopic (exact) mass is 351 g/mol.